The van der Waals surface area contributed by atoms with Gasteiger partial charge in [-0.2, -0.15) is 0 Å². The van der Waals surface area contributed by atoms with E-state index < -0.39 is 10.8 Å². The van der Waals surface area contributed by atoms with Crippen LogP contribution in [0.4, 0.5) is 10.8 Å². The summed E-state index contributed by atoms with van der Waals surface area (Å²) < 4.78 is 5.22. The number of benzene rings is 1. The van der Waals surface area contributed by atoms with Crippen LogP contribution in [0, 0.1) is 10.1 Å². The lowest BCUT2D eigenvalue weighted by Crippen LogP contribution is -2.11. The van der Waals surface area contributed by atoms with Crippen molar-refractivity contribution in [1.82, 2.24) is 4.98 Å². The summed E-state index contributed by atoms with van der Waals surface area (Å²) in [6, 6.07) is 9.02. The number of nitrogens with zero attached hydrogens (tertiary/aromatic N) is 2. The maximum absolute atomic E-state index is 12.1. The van der Waals surface area contributed by atoms with Crippen LogP contribution in [0.15, 0.2) is 52.5 Å². The number of carbonyl (C=O) groups is 1. The van der Waals surface area contributed by atoms with Gasteiger partial charge in [0.15, 0.2) is 10.9 Å². The summed E-state index contributed by atoms with van der Waals surface area (Å²) in [6.07, 6.45) is 1.54. The molecule has 0 saturated carbocycles. The number of amides is 1. The van der Waals surface area contributed by atoms with Gasteiger partial charge >= 0.3 is 0 Å². The Morgan fingerprint density at radius 3 is 2.91 bits per heavy atom. The molecule has 110 valence electrons. The third-order valence-electron chi connectivity index (χ3n) is 2.82. The zero-order chi connectivity index (χ0) is 15.5. The molecule has 0 aliphatic carbocycles. The zero-order valence-electron chi connectivity index (χ0n) is 11.1. The highest BCUT2D eigenvalue weighted by Crippen LogP contribution is 2.25. The normalized spacial score (nSPS) is 10.4. The summed E-state index contributed by atoms with van der Waals surface area (Å²) in [5, 5.41) is 15.5. The molecule has 0 radical (unpaired) electrons. The highest BCUT2D eigenvalue weighted by Gasteiger charge is 2.14. The summed E-state index contributed by atoms with van der Waals surface area (Å²) in [4.78, 5) is 26.5. The van der Waals surface area contributed by atoms with E-state index in [1.807, 2.05) is 0 Å². The first-order valence-electron chi connectivity index (χ1n) is 6.19. The summed E-state index contributed by atoms with van der Waals surface area (Å²) in [7, 11) is 0. The molecule has 1 aromatic carbocycles. The molecule has 0 unspecified atom stereocenters. The minimum Gasteiger partial charge on any atom is -0.463 e. The predicted molar refractivity (Wildman–Crippen MR) is 80.9 cm³/mol. The van der Waals surface area contributed by atoms with Crippen LogP contribution in [0.3, 0.4) is 0 Å². The molecule has 2 aromatic heterocycles. The minimum absolute atomic E-state index is 0.136. The van der Waals surface area contributed by atoms with Gasteiger partial charge in [-0.1, -0.05) is 6.07 Å². The second kappa shape index (κ2) is 5.78. The summed E-state index contributed by atoms with van der Waals surface area (Å²) in [5.74, 6) is 0.149. The van der Waals surface area contributed by atoms with Crippen molar-refractivity contribution in [3.8, 4) is 11.5 Å². The van der Waals surface area contributed by atoms with Crippen LogP contribution >= 0.6 is 11.3 Å². The van der Waals surface area contributed by atoms with E-state index in [-0.39, 0.29) is 11.3 Å². The van der Waals surface area contributed by atoms with E-state index >= 15 is 0 Å². The number of hydrogen-bond acceptors (Lipinski definition) is 6. The van der Waals surface area contributed by atoms with Crippen LogP contribution in [0.2, 0.25) is 0 Å². The van der Waals surface area contributed by atoms with Crippen molar-refractivity contribution >= 4 is 28.1 Å². The fraction of sp³-hybridized carbons (Fsp3) is 0. The van der Waals surface area contributed by atoms with Crippen LogP contribution in [0.5, 0.6) is 0 Å². The average Bonchev–Trinajstić information content (AvgIpc) is 3.18. The number of nitrogens with one attached hydrogen (secondary N) is 1. The smallest absolute Gasteiger partial charge is 0.270 e. The zero-order valence-corrected chi connectivity index (χ0v) is 11.9. The lowest BCUT2D eigenvalue weighted by Gasteiger charge is -2.01. The Morgan fingerprint density at radius 1 is 1.32 bits per heavy atom. The molecule has 7 nitrogen and oxygen atoms in total. The number of aromatic nitrogens is 1. The Bertz CT molecular complexity index is 826. The quantitative estimate of drug-likeness (QED) is 0.586. The number of carbonyl (C=O) groups excluding carboxylic acids is 1. The maximum atomic E-state index is 12.1. The van der Waals surface area contributed by atoms with E-state index in [2.05, 4.69) is 10.3 Å². The van der Waals surface area contributed by atoms with Gasteiger partial charge in [0.2, 0.25) is 0 Å². The summed E-state index contributed by atoms with van der Waals surface area (Å²) >= 11 is 1.24. The molecular formula is C14H9N3O4S. The Labute approximate surface area is 128 Å². The van der Waals surface area contributed by atoms with Crippen molar-refractivity contribution in [3.05, 3.63) is 63.7 Å². The number of furan rings is 1. The van der Waals surface area contributed by atoms with Crippen molar-refractivity contribution in [1.29, 1.82) is 0 Å². The molecule has 0 fully saturated rings. The average molecular weight is 315 g/mol. The summed E-state index contributed by atoms with van der Waals surface area (Å²) in [5.41, 5.74) is 0.677. The second-order valence-electron chi connectivity index (χ2n) is 4.28. The second-order valence-corrected chi connectivity index (χ2v) is 5.13. The van der Waals surface area contributed by atoms with E-state index in [1.165, 1.54) is 41.9 Å². The van der Waals surface area contributed by atoms with E-state index in [1.54, 1.807) is 17.5 Å². The van der Waals surface area contributed by atoms with E-state index in [0.717, 1.165) is 0 Å². The number of non-ortho nitro benzene ring substituents is 1. The van der Waals surface area contributed by atoms with Crippen LogP contribution in [0.1, 0.15) is 10.4 Å². The highest BCUT2D eigenvalue weighted by atomic mass is 32.1. The van der Waals surface area contributed by atoms with Gasteiger partial charge in [-0.05, 0) is 18.2 Å². The predicted octanol–water partition coefficient (Wildman–Crippen LogP) is 3.56. The minimum atomic E-state index is -0.546. The van der Waals surface area contributed by atoms with Gasteiger partial charge in [-0.3, -0.25) is 20.2 Å². The molecule has 3 rings (SSSR count). The van der Waals surface area contributed by atoms with Gasteiger partial charge in [-0.15, -0.1) is 11.3 Å². The third-order valence-corrected chi connectivity index (χ3v) is 3.58. The Balaban J connectivity index is 1.77. The monoisotopic (exact) mass is 315 g/mol. The van der Waals surface area contributed by atoms with Gasteiger partial charge in [0.1, 0.15) is 5.69 Å². The molecule has 0 bridgehead atoms. The molecule has 0 atom stereocenters. The first-order chi connectivity index (χ1) is 10.6. The number of rotatable bonds is 4. The van der Waals surface area contributed by atoms with Crippen molar-refractivity contribution in [2.24, 2.45) is 0 Å². The number of hydrogen-bond donors (Lipinski definition) is 1. The molecule has 22 heavy (non-hydrogen) atoms. The molecule has 2 heterocycles. The van der Waals surface area contributed by atoms with Crippen molar-refractivity contribution in [2.45, 2.75) is 0 Å². The van der Waals surface area contributed by atoms with Crippen LogP contribution in [0.25, 0.3) is 11.5 Å². The first-order valence-corrected chi connectivity index (χ1v) is 7.06. The molecule has 3 aromatic rings. The lowest BCUT2D eigenvalue weighted by molar-refractivity contribution is -0.384. The molecule has 8 heteroatoms. The SMILES string of the molecule is O=C(Nc1nc(-c2ccco2)cs1)c1cccc([N+](=O)[O-])c1. The number of nitro benzene ring substituents is 1. The third kappa shape index (κ3) is 2.86. The van der Waals surface area contributed by atoms with Crippen LogP contribution in [-0.4, -0.2) is 15.8 Å². The van der Waals surface area contributed by atoms with Gasteiger partial charge in [-0.25, -0.2) is 4.98 Å². The number of anilines is 1. The largest absolute Gasteiger partial charge is 0.463 e. The fourth-order valence-corrected chi connectivity index (χ4v) is 2.49. The topological polar surface area (TPSA) is 98.3 Å². The molecule has 1 amide bonds. The maximum Gasteiger partial charge on any atom is 0.270 e. The van der Waals surface area contributed by atoms with Gasteiger partial charge < -0.3 is 4.42 Å². The van der Waals surface area contributed by atoms with Gasteiger partial charge in [0.25, 0.3) is 11.6 Å². The molecule has 0 aliphatic heterocycles. The standard InChI is InChI=1S/C14H9N3O4S/c18-13(9-3-1-4-10(7-9)17(19)20)16-14-15-11(8-22-14)12-5-2-6-21-12/h1-8H,(H,15,16,18). The van der Waals surface area contributed by atoms with Gasteiger partial charge in [0.05, 0.1) is 11.2 Å². The molecule has 0 spiro atoms. The van der Waals surface area contributed by atoms with E-state index in [9.17, 15) is 14.9 Å². The Hall–Kier alpha value is -3.00. The lowest BCUT2D eigenvalue weighted by atomic mass is 10.2. The van der Waals surface area contributed by atoms with E-state index in [4.69, 9.17) is 4.42 Å². The molecule has 0 saturated heterocycles. The molecule has 1 N–H and O–H groups in total. The van der Waals surface area contributed by atoms with Crippen LogP contribution < -0.4 is 5.32 Å². The van der Waals surface area contributed by atoms with Crippen LogP contribution in [-0.2, 0) is 0 Å². The number of thiazole rings is 1. The van der Waals surface area contributed by atoms with Crippen molar-refractivity contribution < 1.29 is 14.1 Å². The first kappa shape index (κ1) is 14.0. The number of nitro groups is 1. The fourth-order valence-electron chi connectivity index (χ4n) is 1.80. The molecule has 0 aliphatic rings. The van der Waals surface area contributed by atoms with E-state index in [0.29, 0.717) is 16.6 Å². The van der Waals surface area contributed by atoms with Gasteiger partial charge in [0, 0.05) is 23.1 Å². The highest BCUT2D eigenvalue weighted by molar-refractivity contribution is 7.14. The Kier molecular flexibility index (Phi) is 3.67. The van der Waals surface area contributed by atoms with Crippen molar-refractivity contribution in [3.63, 3.8) is 0 Å². The summed E-state index contributed by atoms with van der Waals surface area (Å²) in [6.45, 7) is 0. The molecular weight excluding hydrogens is 306 g/mol. The Morgan fingerprint density at radius 2 is 2.18 bits per heavy atom. The van der Waals surface area contributed by atoms with Crippen molar-refractivity contribution in [2.75, 3.05) is 5.32 Å².